The SMILES string of the molecule is O=C(NCCOc1ccc(-c2ccccc2)cc1)[C@@H]1OCCc2ccccc21. The first kappa shape index (κ1) is 18.3. The molecular weight excluding hydrogens is 350 g/mol. The molecule has 3 aromatic rings. The van der Waals surface area contributed by atoms with Crippen molar-refractivity contribution in [2.75, 3.05) is 19.8 Å². The summed E-state index contributed by atoms with van der Waals surface area (Å²) in [5.41, 5.74) is 4.47. The summed E-state index contributed by atoms with van der Waals surface area (Å²) >= 11 is 0. The average molecular weight is 373 g/mol. The van der Waals surface area contributed by atoms with Gasteiger partial charge in [0.25, 0.3) is 5.91 Å². The van der Waals surface area contributed by atoms with Gasteiger partial charge in [-0.05, 0) is 40.8 Å². The minimum absolute atomic E-state index is 0.116. The Kier molecular flexibility index (Phi) is 5.69. The van der Waals surface area contributed by atoms with E-state index >= 15 is 0 Å². The van der Waals surface area contributed by atoms with E-state index in [1.54, 1.807) is 0 Å². The maximum Gasteiger partial charge on any atom is 0.253 e. The Morgan fingerprint density at radius 2 is 1.64 bits per heavy atom. The summed E-state index contributed by atoms with van der Waals surface area (Å²) in [6, 6.07) is 26.1. The second-order valence-corrected chi connectivity index (χ2v) is 6.73. The topological polar surface area (TPSA) is 47.6 Å². The molecule has 1 heterocycles. The molecule has 0 saturated heterocycles. The molecule has 1 N–H and O–H groups in total. The fourth-order valence-electron chi connectivity index (χ4n) is 3.42. The molecule has 0 saturated carbocycles. The summed E-state index contributed by atoms with van der Waals surface area (Å²) < 4.78 is 11.4. The van der Waals surface area contributed by atoms with Crippen molar-refractivity contribution in [1.29, 1.82) is 0 Å². The summed E-state index contributed by atoms with van der Waals surface area (Å²) in [5.74, 6) is 0.670. The van der Waals surface area contributed by atoms with E-state index in [0.717, 1.165) is 23.3 Å². The average Bonchev–Trinajstić information content (AvgIpc) is 2.77. The summed E-state index contributed by atoms with van der Waals surface area (Å²) in [7, 11) is 0. The summed E-state index contributed by atoms with van der Waals surface area (Å²) in [4.78, 5) is 12.5. The van der Waals surface area contributed by atoms with Crippen LogP contribution >= 0.6 is 0 Å². The van der Waals surface area contributed by atoms with E-state index in [-0.39, 0.29) is 5.91 Å². The lowest BCUT2D eigenvalue weighted by molar-refractivity contribution is -0.134. The Labute approximate surface area is 165 Å². The van der Waals surface area contributed by atoms with E-state index in [1.165, 1.54) is 11.1 Å². The lowest BCUT2D eigenvalue weighted by Crippen LogP contribution is -2.35. The molecule has 1 aliphatic heterocycles. The second kappa shape index (κ2) is 8.72. The molecule has 4 rings (SSSR count). The highest BCUT2D eigenvalue weighted by Crippen LogP contribution is 2.27. The first-order valence-corrected chi connectivity index (χ1v) is 9.57. The van der Waals surface area contributed by atoms with E-state index in [1.807, 2.05) is 60.7 Å². The van der Waals surface area contributed by atoms with Gasteiger partial charge in [-0.15, -0.1) is 0 Å². The van der Waals surface area contributed by atoms with E-state index in [0.29, 0.717) is 19.8 Å². The van der Waals surface area contributed by atoms with Gasteiger partial charge in [0, 0.05) is 0 Å². The molecule has 1 atom stereocenters. The van der Waals surface area contributed by atoms with Crippen LogP contribution in [0.2, 0.25) is 0 Å². The van der Waals surface area contributed by atoms with Gasteiger partial charge in [0.05, 0.1) is 13.2 Å². The van der Waals surface area contributed by atoms with Gasteiger partial charge in [-0.2, -0.15) is 0 Å². The number of ether oxygens (including phenoxy) is 2. The van der Waals surface area contributed by atoms with Gasteiger partial charge in [0.15, 0.2) is 6.10 Å². The van der Waals surface area contributed by atoms with Crippen LogP contribution in [0, 0.1) is 0 Å². The van der Waals surface area contributed by atoms with Crippen molar-refractivity contribution < 1.29 is 14.3 Å². The Hall–Kier alpha value is -3.11. The van der Waals surface area contributed by atoms with Crippen LogP contribution < -0.4 is 10.1 Å². The van der Waals surface area contributed by atoms with Gasteiger partial charge < -0.3 is 14.8 Å². The number of hydrogen-bond acceptors (Lipinski definition) is 3. The van der Waals surface area contributed by atoms with Crippen LogP contribution in [0.25, 0.3) is 11.1 Å². The molecule has 0 aromatic heterocycles. The molecule has 3 aromatic carbocycles. The summed E-state index contributed by atoms with van der Waals surface area (Å²) in [5, 5.41) is 2.91. The molecule has 0 aliphatic carbocycles. The quantitative estimate of drug-likeness (QED) is 0.660. The molecular formula is C24H23NO3. The third kappa shape index (κ3) is 4.24. The fourth-order valence-corrected chi connectivity index (χ4v) is 3.42. The van der Waals surface area contributed by atoms with Crippen molar-refractivity contribution in [3.8, 4) is 16.9 Å². The molecule has 1 amide bonds. The lowest BCUT2D eigenvalue weighted by Gasteiger charge is -2.25. The van der Waals surface area contributed by atoms with Gasteiger partial charge in [0.1, 0.15) is 12.4 Å². The number of fused-ring (bicyclic) bond motifs is 1. The van der Waals surface area contributed by atoms with Crippen LogP contribution in [0.15, 0.2) is 78.9 Å². The molecule has 0 spiro atoms. The fraction of sp³-hybridized carbons (Fsp3) is 0.208. The number of carbonyl (C=O) groups excluding carboxylic acids is 1. The zero-order valence-electron chi connectivity index (χ0n) is 15.6. The molecule has 0 fully saturated rings. The lowest BCUT2D eigenvalue weighted by atomic mass is 9.97. The van der Waals surface area contributed by atoms with E-state index < -0.39 is 6.10 Å². The van der Waals surface area contributed by atoms with Crippen molar-refractivity contribution >= 4 is 5.91 Å². The Balaban J connectivity index is 1.27. The third-order valence-electron chi connectivity index (χ3n) is 4.86. The minimum Gasteiger partial charge on any atom is -0.492 e. The van der Waals surface area contributed by atoms with E-state index in [9.17, 15) is 4.79 Å². The van der Waals surface area contributed by atoms with Crippen LogP contribution in [0.4, 0.5) is 0 Å². The number of rotatable bonds is 6. The predicted molar refractivity (Wildman–Crippen MR) is 109 cm³/mol. The zero-order chi connectivity index (χ0) is 19.2. The Bertz CT molecular complexity index is 922. The molecule has 28 heavy (non-hydrogen) atoms. The van der Waals surface area contributed by atoms with E-state index in [2.05, 4.69) is 23.5 Å². The van der Waals surface area contributed by atoms with Gasteiger partial charge in [-0.3, -0.25) is 4.79 Å². The number of benzene rings is 3. The standard InChI is InChI=1S/C24H23NO3/c26-24(23-22-9-5-4-8-20(22)14-16-28-23)25-15-17-27-21-12-10-19(11-13-21)18-6-2-1-3-7-18/h1-13,23H,14-17H2,(H,25,26)/t23-/m1/s1. The van der Waals surface area contributed by atoms with Crippen molar-refractivity contribution in [1.82, 2.24) is 5.32 Å². The molecule has 0 unspecified atom stereocenters. The highest BCUT2D eigenvalue weighted by atomic mass is 16.5. The maximum atomic E-state index is 12.5. The monoisotopic (exact) mass is 373 g/mol. The minimum atomic E-state index is -0.532. The van der Waals surface area contributed by atoms with Crippen LogP contribution in [0.1, 0.15) is 17.2 Å². The van der Waals surface area contributed by atoms with Crippen LogP contribution in [-0.4, -0.2) is 25.7 Å². The maximum absolute atomic E-state index is 12.5. The number of carbonyl (C=O) groups is 1. The first-order chi connectivity index (χ1) is 13.8. The summed E-state index contributed by atoms with van der Waals surface area (Å²) in [6.07, 6.45) is 0.317. The molecule has 0 bridgehead atoms. The Morgan fingerprint density at radius 1 is 0.929 bits per heavy atom. The molecule has 4 heteroatoms. The number of hydrogen-bond donors (Lipinski definition) is 1. The summed E-state index contributed by atoms with van der Waals surface area (Å²) in [6.45, 7) is 1.41. The van der Waals surface area contributed by atoms with Crippen LogP contribution in [-0.2, 0) is 16.0 Å². The molecule has 142 valence electrons. The smallest absolute Gasteiger partial charge is 0.253 e. The van der Waals surface area contributed by atoms with Gasteiger partial charge in [-0.1, -0.05) is 66.7 Å². The van der Waals surface area contributed by atoms with Gasteiger partial charge in [0.2, 0.25) is 0 Å². The number of amides is 1. The van der Waals surface area contributed by atoms with Gasteiger partial charge in [-0.25, -0.2) is 0 Å². The normalized spacial score (nSPS) is 15.5. The Morgan fingerprint density at radius 3 is 2.46 bits per heavy atom. The number of nitrogens with one attached hydrogen (secondary N) is 1. The molecule has 0 radical (unpaired) electrons. The van der Waals surface area contributed by atoms with Gasteiger partial charge >= 0.3 is 0 Å². The highest BCUT2D eigenvalue weighted by Gasteiger charge is 2.26. The zero-order valence-corrected chi connectivity index (χ0v) is 15.6. The van der Waals surface area contributed by atoms with Crippen LogP contribution in [0.3, 0.4) is 0 Å². The molecule has 1 aliphatic rings. The molecule has 4 nitrogen and oxygen atoms in total. The predicted octanol–water partition coefficient (Wildman–Crippen LogP) is 4.16. The van der Waals surface area contributed by atoms with Crippen molar-refractivity contribution in [3.63, 3.8) is 0 Å². The second-order valence-electron chi connectivity index (χ2n) is 6.73. The third-order valence-corrected chi connectivity index (χ3v) is 4.86. The van der Waals surface area contributed by atoms with Crippen molar-refractivity contribution in [2.45, 2.75) is 12.5 Å². The van der Waals surface area contributed by atoms with E-state index in [4.69, 9.17) is 9.47 Å². The van der Waals surface area contributed by atoms with Crippen LogP contribution in [0.5, 0.6) is 5.75 Å². The highest BCUT2D eigenvalue weighted by molar-refractivity contribution is 5.82. The van der Waals surface area contributed by atoms with Crippen molar-refractivity contribution in [2.24, 2.45) is 0 Å². The van der Waals surface area contributed by atoms with Crippen molar-refractivity contribution in [3.05, 3.63) is 90.0 Å². The first-order valence-electron chi connectivity index (χ1n) is 9.57. The largest absolute Gasteiger partial charge is 0.492 e.